The Kier molecular flexibility index (Phi) is 5.22. The van der Waals surface area contributed by atoms with Crippen molar-refractivity contribution in [2.45, 2.75) is 45.8 Å². The van der Waals surface area contributed by atoms with Crippen LogP contribution in [0.15, 0.2) is 16.9 Å². The minimum Gasteiger partial charge on any atom is -0.478 e. The van der Waals surface area contributed by atoms with Crippen LogP contribution in [0.2, 0.25) is 0 Å². The Hall–Kier alpha value is -1.64. The van der Waals surface area contributed by atoms with E-state index in [0.29, 0.717) is 0 Å². The highest BCUT2D eigenvalue weighted by molar-refractivity contribution is 7.11. The first-order valence-electron chi connectivity index (χ1n) is 7.64. The van der Waals surface area contributed by atoms with Gasteiger partial charge in [0.2, 0.25) is 5.91 Å². The van der Waals surface area contributed by atoms with E-state index < -0.39 is 24.3 Å². The van der Waals surface area contributed by atoms with Gasteiger partial charge in [0.15, 0.2) is 0 Å². The van der Waals surface area contributed by atoms with E-state index in [1.54, 1.807) is 11.4 Å². The third-order valence-corrected chi connectivity index (χ3v) is 5.17. The van der Waals surface area contributed by atoms with E-state index in [0.717, 1.165) is 10.3 Å². The van der Waals surface area contributed by atoms with Crippen LogP contribution in [0.25, 0.3) is 6.08 Å². The van der Waals surface area contributed by atoms with E-state index in [-0.39, 0.29) is 18.0 Å². The smallest absolute Gasteiger partial charge is 0.478 e. The van der Waals surface area contributed by atoms with Gasteiger partial charge in [-0.25, -0.2) is 4.79 Å². The largest absolute Gasteiger partial charge is 0.492 e. The average molecular weight is 351 g/mol. The highest BCUT2D eigenvalue weighted by Crippen LogP contribution is 2.38. The molecule has 2 heterocycles. The minimum atomic E-state index is -0.968. The molecular formula is C16H22BNO5S. The molecule has 24 heavy (non-hydrogen) atoms. The normalized spacial score (nSPS) is 19.4. The average Bonchev–Trinajstić information content (AvgIpc) is 2.97. The molecule has 2 N–H and O–H groups in total. The number of hydrogen-bond acceptors (Lipinski definition) is 5. The molecule has 1 amide bonds. The van der Waals surface area contributed by atoms with E-state index in [9.17, 15) is 9.59 Å². The van der Waals surface area contributed by atoms with Gasteiger partial charge in [-0.15, -0.1) is 11.3 Å². The van der Waals surface area contributed by atoms with Crippen LogP contribution in [0, 0.1) is 0 Å². The first kappa shape index (κ1) is 18.7. The molecule has 1 saturated heterocycles. The molecule has 0 aliphatic carbocycles. The van der Waals surface area contributed by atoms with Gasteiger partial charge in [0.05, 0.1) is 16.8 Å². The van der Waals surface area contributed by atoms with Crippen molar-refractivity contribution in [1.29, 1.82) is 0 Å². The second-order valence-electron chi connectivity index (χ2n) is 6.76. The third kappa shape index (κ3) is 4.06. The molecule has 8 heteroatoms. The van der Waals surface area contributed by atoms with Crippen molar-refractivity contribution >= 4 is 36.4 Å². The number of carboxylic acids is 1. The number of thiophene rings is 1. The van der Waals surface area contributed by atoms with Gasteiger partial charge in [-0.3, -0.25) is 4.79 Å². The Morgan fingerprint density at radius 3 is 2.33 bits per heavy atom. The number of carbonyl (C=O) groups is 2. The van der Waals surface area contributed by atoms with Crippen LogP contribution in [0.5, 0.6) is 0 Å². The van der Waals surface area contributed by atoms with Crippen LogP contribution in [-0.2, 0) is 14.1 Å². The molecule has 0 atom stereocenters. The van der Waals surface area contributed by atoms with Gasteiger partial charge in [-0.05, 0) is 45.3 Å². The second-order valence-corrected chi connectivity index (χ2v) is 7.70. The Morgan fingerprint density at radius 1 is 1.29 bits per heavy atom. The highest BCUT2D eigenvalue weighted by atomic mass is 32.1. The summed E-state index contributed by atoms with van der Waals surface area (Å²) in [6.45, 7) is 9.53. The van der Waals surface area contributed by atoms with E-state index in [1.807, 2.05) is 33.8 Å². The lowest BCUT2D eigenvalue weighted by molar-refractivity contribution is -0.118. The van der Waals surface area contributed by atoms with Crippen LogP contribution < -0.4 is 5.32 Å². The summed E-state index contributed by atoms with van der Waals surface area (Å²) in [4.78, 5) is 23.1. The molecule has 0 radical (unpaired) electrons. The van der Waals surface area contributed by atoms with Crippen molar-refractivity contribution in [1.82, 2.24) is 5.32 Å². The number of carbonyl (C=O) groups excluding carboxylic acids is 1. The standard InChI is InChI=1S/C16H22BNO5S/c1-10(19)18-8-12(7-13-6-11(9-24-13)14(20)21)17-22-15(2,3)16(4,5)23-17/h6-7,9H,8H2,1-5H3,(H,18,19)(H,20,21). The fraction of sp³-hybridized carbons (Fsp3) is 0.500. The van der Waals surface area contributed by atoms with Gasteiger partial charge in [-0.1, -0.05) is 0 Å². The molecule has 6 nitrogen and oxygen atoms in total. The molecule has 0 bridgehead atoms. The molecule has 1 aliphatic heterocycles. The number of hydrogen-bond donors (Lipinski definition) is 2. The predicted octanol–water partition coefficient (Wildman–Crippen LogP) is 2.60. The molecule has 1 aromatic heterocycles. The first-order valence-corrected chi connectivity index (χ1v) is 8.52. The maximum Gasteiger partial charge on any atom is 0.492 e. The van der Waals surface area contributed by atoms with Crippen molar-refractivity contribution in [3.05, 3.63) is 27.4 Å². The summed E-state index contributed by atoms with van der Waals surface area (Å²) in [5.74, 6) is -1.13. The Balaban J connectivity index is 2.29. The van der Waals surface area contributed by atoms with Crippen molar-refractivity contribution in [2.75, 3.05) is 6.54 Å². The van der Waals surface area contributed by atoms with Crippen molar-refractivity contribution in [3.63, 3.8) is 0 Å². The molecular weight excluding hydrogens is 329 g/mol. The number of carboxylic acid groups (broad SMARTS) is 1. The fourth-order valence-corrected chi connectivity index (χ4v) is 2.99. The molecule has 1 aliphatic rings. The second kappa shape index (κ2) is 6.70. The van der Waals surface area contributed by atoms with E-state index in [2.05, 4.69) is 5.32 Å². The first-order chi connectivity index (χ1) is 11.0. The Bertz CT molecular complexity index is 664. The van der Waals surface area contributed by atoms with E-state index >= 15 is 0 Å². The lowest BCUT2D eigenvalue weighted by atomic mass is 9.77. The monoisotopic (exact) mass is 351 g/mol. The van der Waals surface area contributed by atoms with Crippen molar-refractivity contribution in [2.24, 2.45) is 0 Å². The zero-order chi connectivity index (χ0) is 18.1. The number of nitrogens with one attached hydrogen (secondary N) is 1. The summed E-state index contributed by atoms with van der Waals surface area (Å²) >= 11 is 1.32. The van der Waals surface area contributed by atoms with Crippen LogP contribution in [0.1, 0.15) is 49.9 Å². The quantitative estimate of drug-likeness (QED) is 0.797. The zero-order valence-electron chi connectivity index (χ0n) is 14.5. The van der Waals surface area contributed by atoms with Gasteiger partial charge in [0.1, 0.15) is 0 Å². The summed E-state index contributed by atoms with van der Waals surface area (Å²) in [6, 6.07) is 1.59. The summed E-state index contributed by atoms with van der Waals surface area (Å²) < 4.78 is 12.1. The molecule has 1 fully saturated rings. The number of aromatic carboxylic acids is 1. The van der Waals surface area contributed by atoms with E-state index in [1.165, 1.54) is 18.3 Å². The lowest BCUT2D eigenvalue weighted by Crippen LogP contribution is -2.41. The summed E-state index contributed by atoms with van der Waals surface area (Å²) in [6.07, 6.45) is 1.81. The predicted molar refractivity (Wildman–Crippen MR) is 94.0 cm³/mol. The molecule has 0 spiro atoms. The van der Waals surface area contributed by atoms with Crippen LogP contribution in [-0.4, -0.2) is 41.8 Å². The van der Waals surface area contributed by atoms with Gasteiger partial charge in [-0.2, -0.15) is 0 Å². The Morgan fingerprint density at radius 2 is 1.88 bits per heavy atom. The van der Waals surface area contributed by atoms with Crippen LogP contribution in [0.4, 0.5) is 0 Å². The molecule has 2 rings (SSSR count). The maximum absolute atomic E-state index is 11.3. The highest BCUT2D eigenvalue weighted by Gasteiger charge is 2.52. The molecule has 0 saturated carbocycles. The summed E-state index contributed by atoms with van der Waals surface area (Å²) in [5.41, 5.74) is -0.00905. The van der Waals surface area contributed by atoms with Gasteiger partial charge < -0.3 is 19.7 Å². The van der Waals surface area contributed by atoms with Gasteiger partial charge in [0, 0.05) is 23.7 Å². The molecule has 0 unspecified atom stereocenters. The van der Waals surface area contributed by atoms with Crippen LogP contribution in [0.3, 0.4) is 0 Å². The molecule has 0 aromatic carbocycles. The third-order valence-electron chi connectivity index (χ3n) is 4.29. The maximum atomic E-state index is 11.3. The number of rotatable bonds is 5. The molecule has 1 aromatic rings. The molecule has 130 valence electrons. The van der Waals surface area contributed by atoms with E-state index in [4.69, 9.17) is 14.4 Å². The fourth-order valence-electron chi connectivity index (χ4n) is 2.15. The van der Waals surface area contributed by atoms with Gasteiger partial charge >= 0.3 is 13.1 Å². The zero-order valence-corrected chi connectivity index (χ0v) is 15.3. The van der Waals surface area contributed by atoms with Crippen molar-refractivity contribution < 1.29 is 24.0 Å². The minimum absolute atomic E-state index is 0.158. The lowest BCUT2D eigenvalue weighted by Gasteiger charge is -2.32. The van der Waals surface area contributed by atoms with Crippen molar-refractivity contribution in [3.8, 4) is 0 Å². The van der Waals surface area contributed by atoms with Gasteiger partial charge in [0.25, 0.3) is 0 Å². The topological polar surface area (TPSA) is 84.9 Å². The number of amides is 1. The summed E-state index contributed by atoms with van der Waals surface area (Å²) in [7, 11) is -0.600. The summed E-state index contributed by atoms with van der Waals surface area (Å²) in [5, 5.41) is 13.4. The SMILES string of the molecule is CC(=O)NCC(=Cc1cc(C(=O)O)cs1)B1OC(C)(C)C(C)(C)O1. The van der Waals surface area contributed by atoms with Crippen LogP contribution >= 0.6 is 11.3 Å². The Labute approximate surface area is 146 Å².